The highest BCUT2D eigenvalue weighted by Gasteiger charge is 2.43. The van der Waals surface area contributed by atoms with Crippen molar-refractivity contribution in [3.63, 3.8) is 0 Å². The number of anilines is 2. The first kappa shape index (κ1) is 21.3. The Morgan fingerprint density at radius 3 is 2.05 bits per heavy atom. The van der Waals surface area contributed by atoms with Crippen LogP contribution < -0.4 is 4.90 Å². The zero-order chi connectivity index (χ0) is 25.1. The number of nitrogens with zero attached hydrogens (tertiary/aromatic N) is 2. The molecule has 0 bridgehead atoms. The molecule has 2 heterocycles. The second-order valence-corrected chi connectivity index (χ2v) is 10.1. The Morgan fingerprint density at radius 2 is 1.21 bits per heavy atom. The van der Waals surface area contributed by atoms with Crippen molar-refractivity contribution in [3.8, 4) is 16.8 Å². The molecule has 8 rings (SSSR count). The Morgan fingerprint density at radius 1 is 0.553 bits per heavy atom. The smallest absolute Gasteiger partial charge is 0.0637 e. The summed E-state index contributed by atoms with van der Waals surface area (Å²) < 4.78 is 2.43. The van der Waals surface area contributed by atoms with E-state index in [1.807, 2.05) is 0 Å². The van der Waals surface area contributed by atoms with Crippen LogP contribution in [0.5, 0.6) is 0 Å². The first-order valence-electron chi connectivity index (χ1n) is 13.3. The van der Waals surface area contributed by atoms with Crippen LogP contribution in [-0.4, -0.2) is 10.6 Å². The maximum atomic E-state index is 2.57. The summed E-state index contributed by atoms with van der Waals surface area (Å²) >= 11 is 0. The third-order valence-corrected chi connectivity index (χ3v) is 8.15. The van der Waals surface area contributed by atoms with Gasteiger partial charge in [-0.3, -0.25) is 0 Å². The fourth-order valence-corrected chi connectivity index (χ4v) is 6.64. The molecule has 1 aliphatic carbocycles. The Kier molecular flexibility index (Phi) is 4.68. The predicted molar refractivity (Wildman–Crippen MR) is 158 cm³/mol. The zero-order valence-corrected chi connectivity index (χ0v) is 20.9. The zero-order valence-electron chi connectivity index (χ0n) is 20.9. The van der Waals surface area contributed by atoms with E-state index in [0.29, 0.717) is 0 Å². The van der Waals surface area contributed by atoms with E-state index < -0.39 is 0 Å². The van der Waals surface area contributed by atoms with Gasteiger partial charge in [0.25, 0.3) is 0 Å². The molecule has 0 radical (unpaired) electrons. The van der Waals surface area contributed by atoms with Crippen molar-refractivity contribution in [2.45, 2.75) is 12.0 Å². The summed E-state index contributed by atoms with van der Waals surface area (Å²) in [6.45, 7) is 0. The highest BCUT2D eigenvalue weighted by Crippen LogP contribution is 2.54. The summed E-state index contributed by atoms with van der Waals surface area (Å²) in [6, 6.07) is 48.4. The molecule has 0 spiro atoms. The highest BCUT2D eigenvalue weighted by molar-refractivity contribution is 5.95. The number of benzene rings is 5. The molecule has 0 N–H and O–H groups in total. The van der Waals surface area contributed by atoms with Crippen molar-refractivity contribution >= 4 is 28.4 Å². The number of aromatic nitrogens is 1. The summed E-state index contributed by atoms with van der Waals surface area (Å²) in [6.07, 6.45) is 4.78. The van der Waals surface area contributed by atoms with E-state index in [9.17, 15) is 0 Å². The minimum atomic E-state index is 0.194. The number of para-hydroxylation sites is 4. The Hall–Kier alpha value is -4.82. The molecule has 0 saturated carbocycles. The lowest BCUT2D eigenvalue weighted by Crippen LogP contribution is -2.31. The van der Waals surface area contributed by atoms with Crippen LogP contribution in [0.4, 0.5) is 11.4 Å². The van der Waals surface area contributed by atoms with Gasteiger partial charge < -0.3 is 9.47 Å². The molecule has 2 unspecified atom stereocenters. The van der Waals surface area contributed by atoms with E-state index in [2.05, 4.69) is 155 Å². The van der Waals surface area contributed by atoms with Gasteiger partial charge in [-0.25, -0.2) is 0 Å². The molecule has 6 aromatic rings. The topological polar surface area (TPSA) is 8.17 Å². The molecular formula is C36H26N2. The predicted octanol–water partition coefficient (Wildman–Crippen LogP) is 8.98. The van der Waals surface area contributed by atoms with Crippen LogP contribution in [0.15, 0.2) is 140 Å². The Labute approximate surface area is 222 Å². The van der Waals surface area contributed by atoms with Gasteiger partial charge in [0.05, 0.1) is 17.3 Å². The van der Waals surface area contributed by atoms with E-state index >= 15 is 0 Å². The van der Waals surface area contributed by atoms with Gasteiger partial charge in [0, 0.05) is 33.9 Å². The molecule has 2 heteroatoms. The van der Waals surface area contributed by atoms with Crippen LogP contribution in [0, 0.1) is 0 Å². The normalized spacial score (nSPS) is 17.3. The van der Waals surface area contributed by atoms with Gasteiger partial charge in [0.1, 0.15) is 0 Å². The lowest BCUT2D eigenvalue weighted by Gasteiger charge is -2.32. The first-order chi connectivity index (χ1) is 18.9. The van der Waals surface area contributed by atoms with Crippen LogP contribution in [0.3, 0.4) is 0 Å². The van der Waals surface area contributed by atoms with Crippen molar-refractivity contribution in [3.05, 3.63) is 156 Å². The molecule has 2 atom stereocenters. The summed E-state index contributed by atoms with van der Waals surface area (Å²) in [4.78, 5) is 2.57. The molecule has 5 aromatic carbocycles. The number of fused-ring (bicyclic) bond motifs is 7. The third kappa shape index (κ3) is 3.01. The molecule has 1 aromatic heterocycles. The largest absolute Gasteiger partial charge is 0.333 e. The van der Waals surface area contributed by atoms with Gasteiger partial charge in [0.2, 0.25) is 0 Å². The van der Waals surface area contributed by atoms with Gasteiger partial charge >= 0.3 is 0 Å². The van der Waals surface area contributed by atoms with Crippen molar-refractivity contribution in [2.75, 3.05) is 4.90 Å². The van der Waals surface area contributed by atoms with Crippen LogP contribution in [0.25, 0.3) is 33.8 Å². The van der Waals surface area contributed by atoms with Crippen LogP contribution in [0.2, 0.25) is 0 Å². The number of hydrogen-bond donors (Lipinski definition) is 0. The van der Waals surface area contributed by atoms with Crippen LogP contribution in [0.1, 0.15) is 22.7 Å². The maximum absolute atomic E-state index is 2.57. The average Bonchev–Trinajstić information content (AvgIpc) is 3.51. The molecule has 2 nitrogen and oxygen atoms in total. The highest BCUT2D eigenvalue weighted by atomic mass is 15.2. The average molecular weight is 487 g/mol. The lowest BCUT2D eigenvalue weighted by molar-refractivity contribution is 0.726. The second-order valence-electron chi connectivity index (χ2n) is 10.1. The third-order valence-electron chi connectivity index (χ3n) is 8.15. The SMILES string of the molecule is C1=CC2C(c3ccccc3N2c2ccccc2-c2ccccc2)c2c1n(-c1ccccc1)c1ccccc21. The number of rotatable bonds is 3. The van der Waals surface area contributed by atoms with Gasteiger partial charge in [-0.05, 0) is 53.1 Å². The number of hydrogen-bond acceptors (Lipinski definition) is 1. The molecule has 1 aliphatic heterocycles. The molecule has 0 saturated heterocycles. The maximum Gasteiger partial charge on any atom is 0.0637 e. The molecule has 180 valence electrons. The fraction of sp³-hybridized carbons (Fsp3) is 0.0556. The summed E-state index contributed by atoms with van der Waals surface area (Å²) in [5.41, 5.74) is 11.6. The van der Waals surface area contributed by atoms with Crippen LogP contribution >= 0.6 is 0 Å². The summed E-state index contributed by atoms with van der Waals surface area (Å²) in [7, 11) is 0. The summed E-state index contributed by atoms with van der Waals surface area (Å²) in [5, 5.41) is 1.33. The lowest BCUT2D eigenvalue weighted by atomic mass is 9.82. The van der Waals surface area contributed by atoms with E-state index in [4.69, 9.17) is 0 Å². The standard InChI is InChI=1S/C36H26N2/c1-3-13-25(14-4-1)27-17-7-10-20-30(27)38-32-22-12-9-19-29(32)36-34(38)24-23-33-35(36)28-18-8-11-21-31(28)37(33)26-15-5-2-6-16-26/h1-24,34,36H. The van der Waals surface area contributed by atoms with E-state index in [1.54, 1.807) is 0 Å². The quantitative estimate of drug-likeness (QED) is 0.242. The van der Waals surface area contributed by atoms with Gasteiger partial charge in [-0.2, -0.15) is 0 Å². The van der Waals surface area contributed by atoms with Crippen molar-refractivity contribution in [1.82, 2.24) is 4.57 Å². The first-order valence-corrected chi connectivity index (χ1v) is 13.3. The minimum absolute atomic E-state index is 0.194. The Balaban J connectivity index is 1.38. The van der Waals surface area contributed by atoms with Crippen molar-refractivity contribution in [2.24, 2.45) is 0 Å². The molecule has 38 heavy (non-hydrogen) atoms. The van der Waals surface area contributed by atoms with E-state index in [-0.39, 0.29) is 12.0 Å². The van der Waals surface area contributed by atoms with Crippen molar-refractivity contribution in [1.29, 1.82) is 0 Å². The molecule has 0 amide bonds. The van der Waals surface area contributed by atoms with E-state index in [1.165, 1.54) is 55.9 Å². The molecule has 2 aliphatic rings. The molecule has 0 fully saturated rings. The Bertz CT molecular complexity index is 1830. The molecular weight excluding hydrogens is 460 g/mol. The minimum Gasteiger partial charge on any atom is -0.333 e. The van der Waals surface area contributed by atoms with Gasteiger partial charge in [-0.1, -0.05) is 109 Å². The van der Waals surface area contributed by atoms with E-state index in [0.717, 1.165) is 0 Å². The van der Waals surface area contributed by atoms with Gasteiger partial charge in [0.15, 0.2) is 0 Å². The summed E-state index contributed by atoms with van der Waals surface area (Å²) in [5.74, 6) is 0.241. The van der Waals surface area contributed by atoms with Gasteiger partial charge in [-0.15, -0.1) is 0 Å². The van der Waals surface area contributed by atoms with Crippen molar-refractivity contribution < 1.29 is 0 Å². The monoisotopic (exact) mass is 486 g/mol. The fourth-order valence-electron chi connectivity index (χ4n) is 6.64. The second kappa shape index (κ2) is 8.36. The van der Waals surface area contributed by atoms with Crippen LogP contribution in [-0.2, 0) is 0 Å².